The molecule has 1 aliphatic rings. The Hall–Kier alpha value is -3.41. The highest BCUT2D eigenvalue weighted by atomic mass is 16.5. The lowest BCUT2D eigenvalue weighted by Gasteiger charge is -2.30. The van der Waals surface area contributed by atoms with E-state index in [1.807, 2.05) is 24.3 Å². The monoisotopic (exact) mass is 404 g/mol. The number of esters is 1. The van der Waals surface area contributed by atoms with E-state index in [0.29, 0.717) is 41.2 Å². The molecule has 0 spiro atoms. The Morgan fingerprint density at radius 2 is 1.93 bits per heavy atom. The van der Waals surface area contributed by atoms with Crippen LogP contribution in [0.4, 0.5) is 0 Å². The normalized spacial score (nSPS) is 16.4. The van der Waals surface area contributed by atoms with Crippen molar-refractivity contribution in [3.8, 4) is 17.0 Å². The number of hydrogen-bond acceptors (Lipinski definition) is 5. The third-order valence-corrected chi connectivity index (χ3v) is 5.44. The fraction of sp³-hybridized carbons (Fsp3) is 0.292. The molecular formula is C24H24N2O4. The molecule has 3 aromatic rings. The lowest BCUT2D eigenvalue weighted by atomic mass is 10.0. The molecule has 4 rings (SSSR count). The maximum atomic E-state index is 12.9. The van der Waals surface area contributed by atoms with Crippen molar-refractivity contribution in [1.82, 2.24) is 9.88 Å². The van der Waals surface area contributed by atoms with Gasteiger partial charge in [-0.1, -0.05) is 25.1 Å². The highest BCUT2D eigenvalue weighted by molar-refractivity contribution is 6.05. The summed E-state index contributed by atoms with van der Waals surface area (Å²) in [4.78, 5) is 31.8. The van der Waals surface area contributed by atoms with Gasteiger partial charge in [0.25, 0.3) is 5.91 Å². The Bertz CT molecular complexity index is 1080. The van der Waals surface area contributed by atoms with Crippen LogP contribution in [0.15, 0.2) is 54.6 Å². The van der Waals surface area contributed by atoms with Gasteiger partial charge in [0.05, 0.1) is 16.8 Å². The number of amides is 1. The van der Waals surface area contributed by atoms with E-state index in [-0.39, 0.29) is 18.3 Å². The van der Waals surface area contributed by atoms with Crippen LogP contribution in [-0.4, -0.2) is 46.6 Å². The third-order valence-electron chi connectivity index (χ3n) is 5.44. The SMILES string of the molecule is C[C@H]1CCCN(C(=O)COC(=O)c2cc(-c3ccc(O)cc3)nc3ccccc23)C1. The number of aromatic nitrogens is 1. The Labute approximate surface area is 175 Å². The first-order chi connectivity index (χ1) is 14.5. The van der Waals surface area contributed by atoms with E-state index in [2.05, 4.69) is 11.9 Å². The van der Waals surface area contributed by atoms with E-state index in [0.717, 1.165) is 18.4 Å². The molecule has 6 nitrogen and oxygen atoms in total. The van der Waals surface area contributed by atoms with E-state index in [1.165, 1.54) is 0 Å². The van der Waals surface area contributed by atoms with Crippen molar-refractivity contribution in [2.45, 2.75) is 19.8 Å². The molecule has 2 heterocycles. The molecule has 1 atom stereocenters. The van der Waals surface area contributed by atoms with Crippen LogP contribution in [0.3, 0.4) is 0 Å². The molecule has 0 aliphatic carbocycles. The van der Waals surface area contributed by atoms with E-state index in [1.54, 1.807) is 35.2 Å². The average molecular weight is 404 g/mol. The summed E-state index contributed by atoms with van der Waals surface area (Å²) in [6.07, 6.45) is 2.10. The molecule has 0 bridgehead atoms. The van der Waals surface area contributed by atoms with Crippen molar-refractivity contribution in [1.29, 1.82) is 0 Å². The summed E-state index contributed by atoms with van der Waals surface area (Å²) in [5, 5.41) is 10.2. The van der Waals surface area contributed by atoms with Crippen LogP contribution in [0.1, 0.15) is 30.1 Å². The number of carbonyl (C=O) groups excluding carboxylic acids is 2. The number of likely N-dealkylation sites (tertiary alicyclic amines) is 1. The first kappa shape index (κ1) is 19.9. The van der Waals surface area contributed by atoms with Gasteiger partial charge in [-0.05, 0) is 55.2 Å². The number of ether oxygens (including phenoxy) is 1. The van der Waals surface area contributed by atoms with Gasteiger partial charge in [0, 0.05) is 24.0 Å². The van der Waals surface area contributed by atoms with Gasteiger partial charge in [-0.25, -0.2) is 9.78 Å². The molecule has 1 N–H and O–H groups in total. The van der Waals surface area contributed by atoms with Crippen LogP contribution in [0.25, 0.3) is 22.2 Å². The van der Waals surface area contributed by atoms with Crippen LogP contribution in [-0.2, 0) is 9.53 Å². The zero-order valence-electron chi connectivity index (χ0n) is 16.9. The summed E-state index contributed by atoms with van der Waals surface area (Å²) in [6, 6.07) is 15.6. The number of para-hydroxylation sites is 1. The van der Waals surface area contributed by atoms with Gasteiger partial charge in [0.2, 0.25) is 0 Å². The van der Waals surface area contributed by atoms with Crippen molar-refractivity contribution in [2.24, 2.45) is 5.92 Å². The Kier molecular flexibility index (Phi) is 5.65. The number of benzene rings is 2. The van der Waals surface area contributed by atoms with Crippen LogP contribution in [0.2, 0.25) is 0 Å². The molecule has 1 saturated heterocycles. The van der Waals surface area contributed by atoms with Crippen molar-refractivity contribution in [3.05, 3.63) is 60.2 Å². The van der Waals surface area contributed by atoms with Gasteiger partial charge in [-0.15, -0.1) is 0 Å². The summed E-state index contributed by atoms with van der Waals surface area (Å²) < 4.78 is 5.40. The number of phenolic OH excluding ortho intramolecular Hbond substituents is 1. The predicted octanol–water partition coefficient (Wildman–Crippen LogP) is 4.02. The predicted molar refractivity (Wildman–Crippen MR) is 114 cm³/mol. The molecule has 30 heavy (non-hydrogen) atoms. The second-order valence-electron chi connectivity index (χ2n) is 7.78. The molecule has 1 amide bonds. The number of hydrogen-bond donors (Lipinski definition) is 1. The van der Waals surface area contributed by atoms with Crippen LogP contribution < -0.4 is 0 Å². The van der Waals surface area contributed by atoms with Crippen molar-refractivity contribution in [3.63, 3.8) is 0 Å². The fourth-order valence-electron chi connectivity index (χ4n) is 3.84. The molecule has 6 heteroatoms. The lowest BCUT2D eigenvalue weighted by molar-refractivity contribution is -0.136. The zero-order chi connectivity index (χ0) is 21.1. The number of pyridine rings is 1. The number of piperidine rings is 1. The Balaban J connectivity index is 1.58. The Morgan fingerprint density at radius 1 is 1.17 bits per heavy atom. The van der Waals surface area contributed by atoms with E-state index >= 15 is 0 Å². The second-order valence-corrected chi connectivity index (χ2v) is 7.78. The van der Waals surface area contributed by atoms with Crippen LogP contribution >= 0.6 is 0 Å². The van der Waals surface area contributed by atoms with Gasteiger partial charge in [0.1, 0.15) is 5.75 Å². The second kappa shape index (κ2) is 8.53. The van der Waals surface area contributed by atoms with Crippen molar-refractivity contribution >= 4 is 22.8 Å². The molecule has 0 unspecified atom stereocenters. The molecule has 1 aromatic heterocycles. The standard InChI is InChI=1S/C24H24N2O4/c1-16-5-4-12-26(14-16)23(28)15-30-24(29)20-13-22(17-8-10-18(27)11-9-17)25-21-7-3-2-6-19(20)21/h2-3,6-11,13,16,27H,4-5,12,14-15H2,1H3/t16-/m0/s1. The minimum Gasteiger partial charge on any atom is -0.508 e. The van der Waals surface area contributed by atoms with Crippen LogP contribution in [0.5, 0.6) is 5.75 Å². The summed E-state index contributed by atoms with van der Waals surface area (Å²) in [5.74, 6) is -0.0841. The Morgan fingerprint density at radius 3 is 2.70 bits per heavy atom. The first-order valence-corrected chi connectivity index (χ1v) is 10.2. The van der Waals surface area contributed by atoms with Gasteiger partial charge < -0.3 is 14.7 Å². The zero-order valence-corrected chi connectivity index (χ0v) is 16.9. The lowest BCUT2D eigenvalue weighted by Crippen LogP contribution is -2.41. The minimum absolute atomic E-state index is 0.157. The van der Waals surface area contributed by atoms with Gasteiger partial charge in [-0.3, -0.25) is 4.79 Å². The quantitative estimate of drug-likeness (QED) is 0.665. The van der Waals surface area contributed by atoms with Crippen LogP contribution in [0, 0.1) is 5.92 Å². The van der Waals surface area contributed by atoms with Gasteiger partial charge >= 0.3 is 5.97 Å². The molecule has 1 fully saturated rings. The maximum Gasteiger partial charge on any atom is 0.339 e. The number of aromatic hydroxyl groups is 1. The summed E-state index contributed by atoms with van der Waals surface area (Å²) in [7, 11) is 0. The molecule has 154 valence electrons. The first-order valence-electron chi connectivity index (χ1n) is 10.2. The molecule has 1 aliphatic heterocycles. The van der Waals surface area contributed by atoms with Gasteiger partial charge in [0.15, 0.2) is 6.61 Å². The molecule has 2 aromatic carbocycles. The highest BCUT2D eigenvalue weighted by Crippen LogP contribution is 2.26. The van der Waals surface area contributed by atoms with E-state index in [9.17, 15) is 14.7 Å². The fourth-order valence-corrected chi connectivity index (χ4v) is 3.84. The third kappa shape index (κ3) is 4.27. The number of phenols is 1. The summed E-state index contributed by atoms with van der Waals surface area (Å²) in [5.41, 5.74) is 2.39. The van der Waals surface area contributed by atoms with Crippen molar-refractivity contribution in [2.75, 3.05) is 19.7 Å². The average Bonchev–Trinajstić information content (AvgIpc) is 2.77. The molecular weight excluding hydrogens is 380 g/mol. The summed E-state index contributed by atoms with van der Waals surface area (Å²) >= 11 is 0. The minimum atomic E-state index is -0.549. The van der Waals surface area contributed by atoms with E-state index in [4.69, 9.17) is 4.74 Å². The molecule has 0 saturated carbocycles. The smallest absolute Gasteiger partial charge is 0.339 e. The number of rotatable bonds is 4. The topological polar surface area (TPSA) is 79.7 Å². The number of fused-ring (bicyclic) bond motifs is 1. The largest absolute Gasteiger partial charge is 0.508 e. The van der Waals surface area contributed by atoms with Gasteiger partial charge in [-0.2, -0.15) is 0 Å². The molecule has 0 radical (unpaired) electrons. The highest BCUT2D eigenvalue weighted by Gasteiger charge is 2.23. The van der Waals surface area contributed by atoms with Crippen molar-refractivity contribution < 1.29 is 19.4 Å². The summed E-state index contributed by atoms with van der Waals surface area (Å²) in [6.45, 7) is 3.28. The number of carbonyl (C=O) groups is 2. The van der Waals surface area contributed by atoms with E-state index < -0.39 is 5.97 Å². The number of nitrogens with zero attached hydrogens (tertiary/aromatic N) is 2. The maximum absolute atomic E-state index is 12.9.